The van der Waals surface area contributed by atoms with Crippen molar-refractivity contribution in [2.24, 2.45) is 5.73 Å². The second-order valence-corrected chi connectivity index (χ2v) is 3.66. The highest BCUT2D eigenvalue weighted by molar-refractivity contribution is 6.35. The Labute approximate surface area is 97.3 Å². The predicted molar refractivity (Wildman–Crippen MR) is 58.4 cm³/mol. The van der Waals surface area contributed by atoms with Crippen molar-refractivity contribution in [3.8, 4) is 0 Å². The van der Waals surface area contributed by atoms with Gasteiger partial charge in [0.05, 0.1) is 0 Å². The molecule has 1 amide bonds. The first-order chi connectivity index (χ1) is 7.09. The number of benzene rings is 1. The molecule has 3 N–H and O–H groups in total. The number of hydrogen-bond acceptors (Lipinski definition) is 3. The molecule has 0 fully saturated rings. The van der Waals surface area contributed by atoms with Gasteiger partial charge in [0.25, 0.3) is 0 Å². The number of carbonyl (C=O) groups is 1. The van der Waals surface area contributed by atoms with Crippen molar-refractivity contribution in [3.63, 3.8) is 0 Å². The Hall–Kier alpha value is -0.810. The lowest BCUT2D eigenvalue weighted by Gasteiger charge is -2.06. The van der Waals surface area contributed by atoms with E-state index >= 15 is 0 Å². The van der Waals surface area contributed by atoms with E-state index < -0.39 is 5.91 Å². The normalized spacial score (nSPS) is 10.3. The van der Waals surface area contributed by atoms with Crippen LogP contribution in [-0.4, -0.2) is 12.5 Å². The Morgan fingerprint density at radius 2 is 2.20 bits per heavy atom. The summed E-state index contributed by atoms with van der Waals surface area (Å²) in [6.45, 7) is 0.203. The summed E-state index contributed by atoms with van der Waals surface area (Å²) < 4.78 is 0. The third-order valence-electron chi connectivity index (χ3n) is 1.59. The maximum atomic E-state index is 10.3. The standard InChI is InChI=1S/C9H10Cl2N2O2/c10-7-2-1-6(8(11)3-7)4-13-15-5-9(12)14/h1-3,13H,4-5H2,(H2,12,14). The van der Waals surface area contributed by atoms with Crippen LogP contribution in [0.5, 0.6) is 0 Å². The topological polar surface area (TPSA) is 64.4 Å². The largest absolute Gasteiger partial charge is 0.368 e. The molecule has 0 unspecified atom stereocenters. The zero-order valence-corrected chi connectivity index (χ0v) is 9.31. The van der Waals surface area contributed by atoms with Gasteiger partial charge < -0.3 is 5.73 Å². The Kier molecular flexibility index (Phi) is 4.84. The molecule has 1 aromatic rings. The fourth-order valence-corrected chi connectivity index (χ4v) is 1.39. The van der Waals surface area contributed by atoms with E-state index in [1.165, 1.54) is 0 Å². The Bertz CT molecular complexity index is 358. The number of nitrogens with one attached hydrogen (secondary N) is 1. The molecule has 1 aromatic carbocycles. The summed E-state index contributed by atoms with van der Waals surface area (Å²) in [6, 6.07) is 5.12. The van der Waals surface area contributed by atoms with Crippen molar-refractivity contribution in [3.05, 3.63) is 33.8 Å². The van der Waals surface area contributed by atoms with Gasteiger partial charge in [0.15, 0.2) is 0 Å². The Morgan fingerprint density at radius 1 is 1.47 bits per heavy atom. The van der Waals surface area contributed by atoms with Gasteiger partial charge in [-0.2, -0.15) is 5.48 Å². The van der Waals surface area contributed by atoms with Crippen LogP contribution in [0, 0.1) is 0 Å². The summed E-state index contributed by atoms with van der Waals surface area (Å²) in [5.74, 6) is -0.537. The van der Waals surface area contributed by atoms with E-state index in [1.54, 1.807) is 18.2 Å². The molecular weight excluding hydrogens is 239 g/mol. The highest BCUT2D eigenvalue weighted by atomic mass is 35.5. The number of carbonyl (C=O) groups excluding carboxylic acids is 1. The first kappa shape index (κ1) is 12.3. The maximum absolute atomic E-state index is 10.3. The summed E-state index contributed by atoms with van der Waals surface area (Å²) in [6.07, 6.45) is 0. The molecule has 82 valence electrons. The van der Waals surface area contributed by atoms with E-state index in [1.807, 2.05) is 0 Å². The maximum Gasteiger partial charge on any atom is 0.245 e. The molecule has 1 rings (SSSR count). The van der Waals surface area contributed by atoms with Gasteiger partial charge in [0.1, 0.15) is 6.61 Å². The molecule has 0 atom stereocenters. The monoisotopic (exact) mass is 248 g/mol. The third kappa shape index (κ3) is 4.48. The van der Waals surface area contributed by atoms with Crippen LogP contribution in [0.2, 0.25) is 10.0 Å². The molecule has 0 spiro atoms. The fraction of sp³-hybridized carbons (Fsp3) is 0.222. The van der Waals surface area contributed by atoms with E-state index in [2.05, 4.69) is 5.48 Å². The summed E-state index contributed by atoms with van der Waals surface area (Å²) in [7, 11) is 0. The van der Waals surface area contributed by atoms with E-state index in [4.69, 9.17) is 33.8 Å². The fourth-order valence-electron chi connectivity index (χ4n) is 0.916. The number of rotatable bonds is 5. The van der Waals surface area contributed by atoms with E-state index in [9.17, 15) is 4.79 Å². The zero-order chi connectivity index (χ0) is 11.3. The molecule has 0 aromatic heterocycles. The van der Waals surface area contributed by atoms with Crippen LogP contribution in [-0.2, 0) is 16.2 Å². The lowest BCUT2D eigenvalue weighted by molar-refractivity contribution is -0.125. The minimum absolute atomic E-state index is 0.175. The van der Waals surface area contributed by atoms with Crippen LogP contribution in [0.15, 0.2) is 18.2 Å². The van der Waals surface area contributed by atoms with Gasteiger partial charge >= 0.3 is 0 Å². The van der Waals surface area contributed by atoms with Gasteiger partial charge in [-0.05, 0) is 17.7 Å². The molecule has 0 aliphatic carbocycles. The number of hydrogen-bond donors (Lipinski definition) is 2. The van der Waals surface area contributed by atoms with Crippen molar-refractivity contribution in [1.29, 1.82) is 0 Å². The van der Waals surface area contributed by atoms with Gasteiger partial charge in [-0.15, -0.1) is 0 Å². The molecule has 4 nitrogen and oxygen atoms in total. The van der Waals surface area contributed by atoms with Gasteiger partial charge in [0, 0.05) is 16.6 Å². The smallest absolute Gasteiger partial charge is 0.245 e. The average molecular weight is 249 g/mol. The minimum atomic E-state index is -0.537. The number of nitrogens with two attached hydrogens (primary N) is 1. The molecule has 15 heavy (non-hydrogen) atoms. The first-order valence-corrected chi connectivity index (χ1v) is 4.92. The summed E-state index contributed by atoms with van der Waals surface area (Å²) in [4.78, 5) is 15.1. The molecule has 0 saturated carbocycles. The van der Waals surface area contributed by atoms with Gasteiger partial charge in [-0.1, -0.05) is 29.3 Å². The van der Waals surface area contributed by atoms with E-state index in [0.717, 1.165) is 5.56 Å². The molecule has 6 heteroatoms. The lowest BCUT2D eigenvalue weighted by Crippen LogP contribution is -2.24. The summed E-state index contributed by atoms with van der Waals surface area (Å²) in [5, 5.41) is 1.11. The third-order valence-corrected chi connectivity index (χ3v) is 2.18. The second-order valence-electron chi connectivity index (χ2n) is 2.81. The Morgan fingerprint density at radius 3 is 2.80 bits per heavy atom. The molecule has 0 radical (unpaired) electrons. The molecule has 0 saturated heterocycles. The van der Waals surface area contributed by atoms with Crippen LogP contribution in [0.4, 0.5) is 0 Å². The van der Waals surface area contributed by atoms with Crippen molar-refractivity contribution >= 4 is 29.1 Å². The number of amides is 1. The van der Waals surface area contributed by atoms with Crippen molar-refractivity contribution in [2.75, 3.05) is 6.61 Å². The Balaban J connectivity index is 2.40. The quantitative estimate of drug-likeness (QED) is 0.614. The van der Waals surface area contributed by atoms with Gasteiger partial charge in [-0.25, -0.2) is 0 Å². The van der Waals surface area contributed by atoms with Crippen LogP contribution in [0.1, 0.15) is 5.56 Å². The second kappa shape index (κ2) is 5.92. The number of hydroxylamine groups is 1. The van der Waals surface area contributed by atoms with Gasteiger partial charge in [-0.3, -0.25) is 9.63 Å². The molecule has 0 aliphatic rings. The first-order valence-electron chi connectivity index (χ1n) is 4.16. The minimum Gasteiger partial charge on any atom is -0.368 e. The van der Waals surface area contributed by atoms with Crippen LogP contribution >= 0.6 is 23.2 Å². The van der Waals surface area contributed by atoms with Crippen molar-refractivity contribution in [1.82, 2.24) is 5.48 Å². The number of halogens is 2. The summed E-state index contributed by atoms with van der Waals surface area (Å²) >= 11 is 11.6. The molecular formula is C9H10Cl2N2O2. The van der Waals surface area contributed by atoms with Gasteiger partial charge in [0.2, 0.25) is 5.91 Å². The molecule has 0 aliphatic heterocycles. The SMILES string of the molecule is NC(=O)CONCc1ccc(Cl)cc1Cl. The van der Waals surface area contributed by atoms with Crippen LogP contribution in [0.25, 0.3) is 0 Å². The van der Waals surface area contributed by atoms with E-state index in [0.29, 0.717) is 16.6 Å². The average Bonchev–Trinajstić information content (AvgIpc) is 2.14. The van der Waals surface area contributed by atoms with Crippen LogP contribution < -0.4 is 11.2 Å². The lowest BCUT2D eigenvalue weighted by atomic mass is 10.2. The van der Waals surface area contributed by atoms with Crippen LogP contribution in [0.3, 0.4) is 0 Å². The zero-order valence-electron chi connectivity index (χ0n) is 7.80. The highest BCUT2D eigenvalue weighted by Crippen LogP contribution is 2.20. The molecule has 0 heterocycles. The molecule has 0 bridgehead atoms. The van der Waals surface area contributed by atoms with Crippen molar-refractivity contribution in [2.45, 2.75) is 6.54 Å². The van der Waals surface area contributed by atoms with E-state index in [-0.39, 0.29) is 6.61 Å². The number of primary amides is 1. The predicted octanol–water partition coefficient (Wildman–Crippen LogP) is 1.50. The highest BCUT2D eigenvalue weighted by Gasteiger charge is 2.01. The summed E-state index contributed by atoms with van der Waals surface area (Å²) in [5.41, 5.74) is 8.26. The van der Waals surface area contributed by atoms with Crippen molar-refractivity contribution < 1.29 is 9.63 Å².